The quantitative estimate of drug-likeness (QED) is 0.521. The van der Waals surface area contributed by atoms with Gasteiger partial charge in [0.15, 0.2) is 11.5 Å². The average Bonchev–Trinajstić information content (AvgIpc) is 2.60. The molecule has 2 aromatic rings. The van der Waals surface area contributed by atoms with Crippen LogP contribution in [0, 0.1) is 0 Å². The molecule has 2 rings (SSSR count). The van der Waals surface area contributed by atoms with Gasteiger partial charge in [-0.2, -0.15) is 0 Å². The summed E-state index contributed by atoms with van der Waals surface area (Å²) in [6.45, 7) is 5.35. The highest BCUT2D eigenvalue weighted by molar-refractivity contribution is 9.10. The molecule has 0 radical (unpaired) electrons. The van der Waals surface area contributed by atoms with Crippen LogP contribution in [0.2, 0.25) is 10.0 Å². The lowest BCUT2D eigenvalue weighted by Crippen LogP contribution is -2.24. The summed E-state index contributed by atoms with van der Waals surface area (Å²) in [7, 11) is 1.63. The van der Waals surface area contributed by atoms with Crippen LogP contribution in [0.5, 0.6) is 11.5 Å². The van der Waals surface area contributed by atoms with Gasteiger partial charge in [0.2, 0.25) is 0 Å². The summed E-state index contributed by atoms with van der Waals surface area (Å²) in [5, 5.41) is 4.63. The monoisotopic (exact) mass is 445 g/mol. The number of benzene rings is 2. The lowest BCUT2D eigenvalue weighted by Gasteiger charge is -2.17. The number of hydrogen-bond acceptors (Lipinski definition) is 3. The molecule has 3 nitrogen and oxygen atoms in total. The standard InChI is InChI=1S/C19H22BrCl2NO2/c1-4-12(2)23-10-13-8-15(20)19(18(9-13)24-3)25-11-14-16(21)6-5-7-17(14)22/h5-9,12,23H,4,10-11H2,1-3H3/t12-/m0/s1. The fourth-order valence-corrected chi connectivity index (χ4v) is 3.38. The van der Waals surface area contributed by atoms with E-state index in [2.05, 4.69) is 35.1 Å². The molecule has 0 heterocycles. The summed E-state index contributed by atoms with van der Waals surface area (Å²) in [6.07, 6.45) is 1.08. The highest BCUT2D eigenvalue weighted by Crippen LogP contribution is 2.38. The van der Waals surface area contributed by atoms with E-state index in [9.17, 15) is 0 Å². The van der Waals surface area contributed by atoms with Gasteiger partial charge in [-0.15, -0.1) is 0 Å². The second-order valence-corrected chi connectivity index (χ2v) is 7.46. The van der Waals surface area contributed by atoms with Gasteiger partial charge in [0.1, 0.15) is 6.61 Å². The summed E-state index contributed by atoms with van der Waals surface area (Å²) in [6, 6.07) is 9.86. The van der Waals surface area contributed by atoms with Gasteiger partial charge in [-0.3, -0.25) is 0 Å². The number of hydrogen-bond donors (Lipinski definition) is 1. The maximum Gasteiger partial charge on any atom is 0.175 e. The molecule has 0 spiro atoms. The summed E-state index contributed by atoms with van der Waals surface area (Å²) >= 11 is 16.0. The zero-order valence-corrected chi connectivity index (χ0v) is 17.6. The predicted molar refractivity (Wildman–Crippen MR) is 108 cm³/mol. The Kier molecular flexibility index (Phi) is 7.88. The van der Waals surface area contributed by atoms with Crippen molar-refractivity contribution in [2.75, 3.05) is 7.11 Å². The van der Waals surface area contributed by atoms with Gasteiger partial charge >= 0.3 is 0 Å². The number of methoxy groups -OCH3 is 1. The topological polar surface area (TPSA) is 30.5 Å². The van der Waals surface area contributed by atoms with E-state index in [0.717, 1.165) is 28.6 Å². The minimum atomic E-state index is 0.262. The van der Waals surface area contributed by atoms with Crippen LogP contribution in [0.3, 0.4) is 0 Å². The molecule has 0 aliphatic rings. The van der Waals surface area contributed by atoms with Gasteiger partial charge < -0.3 is 14.8 Å². The van der Waals surface area contributed by atoms with Crippen LogP contribution in [-0.2, 0) is 13.2 Å². The van der Waals surface area contributed by atoms with Gasteiger partial charge in [-0.25, -0.2) is 0 Å². The molecular weight excluding hydrogens is 425 g/mol. The van der Waals surface area contributed by atoms with E-state index >= 15 is 0 Å². The summed E-state index contributed by atoms with van der Waals surface area (Å²) in [5.41, 5.74) is 1.87. The van der Waals surface area contributed by atoms with E-state index in [1.165, 1.54) is 0 Å². The van der Waals surface area contributed by atoms with Crippen LogP contribution < -0.4 is 14.8 Å². The lowest BCUT2D eigenvalue weighted by molar-refractivity contribution is 0.282. The normalized spacial score (nSPS) is 12.1. The maximum atomic E-state index is 6.20. The minimum Gasteiger partial charge on any atom is -0.493 e. The van der Waals surface area contributed by atoms with Gasteiger partial charge in [-0.1, -0.05) is 36.2 Å². The molecule has 1 atom stereocenters. The highest BCUT2D eigenvalue weighted by Gasteiger charge is 2.14. The van der Waals surface area contributed by atoms with Crippen LogP contribution in [0.4, 0.5) is 0 Å². The van der Waals surface area contributed by atoms with Crippen molar-refractivity contribution in [1.29, 1.82) is 0 Å². The van der Waals surface area contributed by atoms with E-state index in [1.807, 2.05) is 18.2 Å². The molecule has 0 aliphatic heterocycles. The first-order chi connectivity index (χ1) is 12.0. The first-order valence-corrected chi connectivity index (χ1v) is 9.66. The zero-order valence-electron chi connectivity index (χ0n) is 14.5. The Bertz CT molecular complexity index is 705. The van der Waals surface area contributed by atoms with Crippen LogP contribution in [0.1, 0.15) is 31.4 Å². The molecule has 136 valence electrons. The molecule has 0 unspecified atom stereocenters. The van der Waals surface area contributed by atoms with Crippen molar-refractivity contribution in [3.8, 4) is 11.5 Å². The summed E-state index contributed by atoms with van der Waals surface area (Å²) < 4.78 is 12.3. The van der Waals surface area contributed by atoms with Gasteiger partial charge in [0.05, 0.1) is 11.6 Å². The Morgan fingerprint density at radius 3 is 2.48 bits per heavy atom. The van der Waals surface area contributed by atoms with Crippen molar-refractivity contribution in [3.63, 3.8) is 0 Å². The van der Waals surface area contributed by atoms with Gasteiger partial charge in [0, 0.05) is 28.2 Å². The van der Waals surface area contributed by atoms with Crippen LogP contribution >= 0.6 is 39.1 Å². The highest BCUT2D eigenvalue weighted by atomic mass is 79.9. The van der Waals surface area contributed by atoms with Crippen molar-refractivity contribution in [2.45, 2.75) is 39.5 Å². The molecule has 0 saturated carbocycles. The average molecular weight is 447 g/mol. The SMILES string of the molecule is CC[C@H](C)NCc1cc(Br)c(OCc2c(Cl)cccc2Cl)c(OC)c1. The maximum absolute atomic E-state index is 6.20. The first-order valence-electron chi connectivity index (χ1n) is 8.11. The van der Waals surface area contributed by atoms with Crippen molar-refractivity contribution >= 4 is 39.1 Å². The molecule has 0 bridgehead atoms. The molecule has 0 aromatic heterocycles. The van der Waals surface area contributed by atoms with Crippen LogP contribution in [0.15, 0.2) is 34.8 Å². The van der Waals surface area contributed by atoms with E-state index in [1.54, 1.807) is 19.2 Å². The molecule has 0 fully saturated rings. The molecule has 25 heavy (non-hydrogen) atoms. The van der Waals surface area contributed by atoms with E-state index in [0.29, 0.717) is 27.6 Å². The molecular formula is C19H22BrCl2NO2. The minimum absolute atomic E-state index is 0.262. The number of nitrogens with one attached hydrogen (secondary N) is 1. The molecule has 1 N–H and O–H groups in total. The molecule has 0 aliphatic carbocycles. The number of rotatable bonds is 8. The fraction of sp³-hybridized carbons (Fsp3) is 0.368. The van der Waals surface area contributed by atoms with Crippen LogP contribution in [-0.4, -0.2) is 13.2 Å². The zero-order chi connectivity index (χ0) is 18.4. The fourth-order valence-electron chi connectivity index (χ4n) is 2.27. The summed E-state index contributed by atoms with van der Waals surface area (Å²) in [4.78, 5) is 0. The largest absolute Gasteiger partial charge is 0.493 e. The second-order valence-electron chi connectivity index (χ2n) is 5.79. The van der Waals surface area contributed by atoms with Gasteiger partial charge in [0.25, 0.3) is 0 Å². The van der Waals surface area contributed by atoms with Gasteiger partial charge in [-0.05, 0) is 59.1 Å². The first kappa shape index (κ1) is 20.4. The van der Waals surface area contributed by atoms with Crippen molar-refractivity contribution in [2.24, 2.45) is 0 Å². The Labute approximate surface area is 167 Å². The Balaban J connectivity index is 2.17. The van der Waals surface area contributed by atoms with E-state index < -0.39 is 0 Å². The van der Waals surface area contributed by atoms with E-state index in [4.69, 9.17) is 32.7 Å². The third-order valence-corrected chi connectivity index (χ3v) is 5.28. The Hall–Kier alpha value is -0.940. The predicted octanol–water partition coefficient (Wildman–Crippen LogP) is 6.23. The molecule has 0 saturated heterocycles. The molecule has 6 heteroatoms. The summed E-state index contributed by atoms with van der Waals surface area (Å²) in [5.74, 6) is 1.30. The van der Waals surface area contributed by atoms with E-state index in [-0.39, 0.29) is 6.61 Å². The van der Waals surface area contributed by atoms with Crippen molar-refractivity contribution < 1.29 is 9.47 Å². The molecule has 0 amide bonds. The second kappa shape index (κ2) is 9.67. The number of halogens is 3. The lowest BCUT2D eigenvalue weighted by atomic mass is 10.1. The third kappa shape index (κ3) is 5.52. The smallest absolute Gasteiger partial charge is 0.175 e. The van der Waals surface area contributed by atoms with Crippen molar-refractivity contribution in [1.82, 2.24) is 5.32 Å². The third-order valence-electron chi connectivity index (χ3n) is 3.98. The number of ether oxygens (including phenoxy) is 2. The Morgan fingerprint density at radius 1 is 1.20 bits per heavy atom. The van der Waals surface area contributed by atoms with Crippen LogP contribution in [0.25, 0.3) is 0 Å². The molecule has 2 aromatic carbocycles. The Morgan fingerprint density at radius 2 is 1.88 bits per heavy atom. The van der Waals surface area contributed by atoms with Crippen molar-refractivity contribution in [3.05, 3.63) is 56.0 Å².